The second-order valence-electron chi connectivity index (χ2n) is 12.4. The molecular weight excluding hydrogens is 848 g/mol. The quantitative estimate of drug-likeness (QED) is 0.0507. The first-order valence-electron chi connectivity index (χ1n) is 16.5. The first-order chi connectivity index (χ1) is 27.0. The Bertz CT molecular complexity index is 2370. The highest BCUT2D eigenvalue weighted by Gasteiger charge is 2.50. The van der Waals surface area contributed by atoms with Gasteiger partial charge in [-0.15, -0.1) is 0 Å². The summed E-state index contributed by atoms with van der Waals surface area (Å²) >= 11 is 0. The van der Waals surface area contributed by atoms with Gasteiger partial charge in [-0.25, -0.2) is 23.5 Å². The lowest BCUT2D eigenvalue weighted by Crippen LogP contribution is -2.41. The SMILES string of the molecule is Cc1cc(C)n(B(F)F)c1/C=C1/C=CC(CCC(=O)NCCNC(=O)O[C@@H]2[C@H](O)[C@@H](COP(=O)(O)OP(=O)(O)OP(=O)(O)O)O[C@H]2n2cnc3c(=O)[nH]c(N)nc32)=N1. The molecule has 0 spiro atoms. The molecule has 10 N–H and O–H groups in total. The van der Waals surface area contributed by atoms with E-state index in [4.69, 9.17) is 25.0 Å². The molecule has 5 rings (SSSR count). The molecule has 0 radical (unpaired) electrons. The van der Waals surface area contributed by atoms with Crippen LogP contribution in [0.1, 0.15) is 36.0 Å². The van der Waals surface area contributed by atoms with Crippen LogP contribution >= 0.6 is 23.5 Å². The summed E-state index contributed by atoms with van der Waals surface area (Å²) < 4.78 is 86.8. The van der Waals surface area contributed by atoms with Crippen molar-refractivity contribution in [3.63, 3.8) is 0 Å². The molecule has 2 aliphatic heterocycles. The maximum Gasteiger partial charge on any atom is 0.677 e. The van der Waals surface area contributed by atoms with Crippen molar-refractivity contribution < 1.29 is 79.2 Å². The third-order valence-corrected chi connectivity index (χ3v) is 11.9. The highest BCUT2D eigenvalue weighted by atomic mass is 31.3. The molecule has 1 fully saturated rings. The first kappa shape index (κ1) is 44.7. The number of phosphoric acid groups is 3. The average molecular weight is 883 g/mol. The maximum atomic E-state index is 13.5. The van der Waals surface area contributed by atoms with Crippen LogP contribution in [0, 0.1) is 13.8 Å². The van der Waals surface area contributed by atoms with Crippen LogP contribution in [-0.2, 0) is 41.1 Å². The number of nitrogens with two attached hydrogens (primary N) is 1. The van der Waals surface area contributed by atoms with E-state index in [2.05, 4.69) is 43.7 Å². The number of fused-ring (bicyclic) bond motifs is 1. The number of halogens is 2. The molecule has 6 atom stereocenters. The smallest absolute Gasteiger partial charge is 0.439 e. The predicted molar refractivity (Wildman–Crippen MR) is 195 cm³/mol. The van der Waals surface area contributed by atoms with Crippen LogP contribution in [0.5, 0.6) is 0 Å². The first-order valence-corrected chi connectivity index (χ1v) is 21.0. The molecule has 0 aromatic carbocycles. The van der Waals surface area contributed by atoms with Gasteiger partial charge in [-0.3, -0.25) is 37.3 Å². The van der Waals surface area contributed by atoms with Gasteiger partial charge >= 0.3 is 37.0 Å². The van der Waals surface area contributed by atoms with Crippen LogP contribution in [0.2, 0.25) is 0 Å². The van der Waals surface area contributed by atoms with Crippen molar-refractivity contribution in [3.05, 3.63) is 57.5 Å². The number of aliphatic hydroxyl groups is 1. The molecule has 58 heavy (non-hydrogen) atoms. The number of rotatable bonds is 17. The Morgan fingerprint density at radius 3 is 2.50 bits per heavy atom. The molecule has 0 bridgehead atoms. The van der Waals surface area contributed by atoms with E-state index < -0.39 is 79.6 Å². The van der Waals surface area contributed by atoms with Crippen molar-refractivity contribution >= 4 is 71.8 Å². The van der Waals surface area contributed by atoms with Gasteiger partial charge in [0.2, 0.25) is 11.9 Å². The van der Waals surface area contributed by atoms with Gasteiger partial charge in [0.25, 0.3) is 5.56 Å². The van der Waals surface area contributed by atoms with Crippen LogP contribution in [-0.4, -0.2) is 112 Å². The Balaban J connectivity index is 1.16. The zero-order valence-electron chi connectivity index (χ0n) is 29.9. The largest absolute Gasteiger partial charge is 0.677 e. The number of nitrogen functional groups attached to an aromatic ring is 1. The molecule has 5 heterocycles. The van der Waals surface area contributed by atoms with Crippen molar-refractivity contribution in [2.24, 2.45) is 4.99 Å². The molecule has 3 aromatic rings. The van der Waals surface area contributed by atoms with Crippen molar-refractivity contribution in [2.45, 2.75) is 51.2 Å². The minimum atomic E-state index is -5.88. The van der Waals surface area contributed by atoms with Gasteiger partial charge in [-0.1, -0.05) is 0 Å². The zero-order chi connectivity index (χ0) is 42.7. The number of carbonyl (C=O) groups excluding carboxylic acids is 2. The topological polar surface area (TPSA) is 364 Å². The van der Waals surface area contributed by atoms with E-state index >= 15 is 0 Å². The van der Waals surface area contributed by atoms with Crippen molar-refractivity contribution in [1.82, 2.24) is 34.6 Å². The zero-order valence-corrected chi connectivity index (χ0v) is 32.6. The van der Waals surface area contributed by atoms with E-state index in [0.717, 1.165) is 15.4 Å². The summed E-state index contributed by atoms with van der Waals surface area (Å²) in [7, 11) is -20.0. The van der Waals surface area contributed by atoms with Gasteiger partial charge in [0.1, 0.15) is 12.2 Å². The molecule has 25 nitrogen and oxygen atoms in total. The number of H-pyrrole nitrogens is 1. The second-order valence-corrected chi connectivity index (χ2v) is 16.8. The van der Waals surface area contributed by atoms with Gasteiger partial charge in [0.15, 0.2) is 23.5 Å². The average Bonchev–Trinajstić information content (AvgIpc) is 3.85. The molecule has 3 aromatic heterocycles. The van der Waals surface area contributed by atoms with Gasteiger partial charge in [-0.2, -0.15) is 13.6 Å². The number of carbonyl (C=O) groups is 2. The summed E-state index contributed by atoms with van der Waals surface area (Å²) in [5.41, 5.74) is 6.71. The number of aryl methyl sites for hydroxylation is 2. The lowest BCUT2D eigenvalue weighted by Gasteiger charge is -2.22. The Hall–Kier alpha value is -4.43. The summed E-state index contributed by atoms with van der Waals surface area (Å²) in [6.07, 6.45) is -2.12. The van der Waals surface area contributed by atoms with Gasteiger partial charge in [0.05, 0.1) is 18.6 Å². The lowest BCUT2D eigenvalue weighted by molar-refractivity contribution is -0.120. The van der Waals surface area contributed by atoms with Crippen molar-refractivity contribution in [2.75, 3.05) is 25.4 Å². The molecule has 0 saturated carbocycles. The fraction of sp³-hybridized carbons (Fsp3) is 0.407. The summed E-state index contributed by atoms with van der Waals surface area (Å²) in [5.74, 6) is -0.786. The minimum Gasteiger partial charge on any atom is -0.439 e. The summed E-state index contributed by atoms with van der Waals surface area (Å²) in [4.78, 5) is 88.8. The van der Waals surface area contributed by atoms with Crippen molar-refractivity contribution in [3.8, 4) is 0 Å². The third-order valence-electron chi connectivity index (χ3n) is 8.09. The Morgan fingerprint density at radius 1 is 1.10 bits per heavy atom. The number of aromatic nitrogens is 5. The van der Waals surface area contributed by atoms with Crippen molar-refractivity contribution in [1.29, 1.82) is 0 Å². The number of hydrogen-bond donors (Lipinski definition) is 9. The molecule has 0 aliphatic carbocycles. The number of imidazole rings is 1. The highest BCUT2D eigenvalue weighted by molar-refractivity contribution is 7.66. The summed E-state index contributed by atoms with van der Waals surface area (Å²) in [6, 6.07) is 1.64. The number of aliphatic imine (C=N–C) groups is 1. The van der Waals surface area contributed by atoms with Crippen LogP contribution in [0.3, 0.4) is 0 Å². The molecule has 31 heteroatoms. The maximum absolute atomic E-state index is 13.5. The van der Waals surface area contributed by atoms with Gasteiger partial charge in [0, 0.05) is 36.6 Å². The number of nitrogens with zero attached hydrogens (tertiary/aromatic N) is 5. The van der Waals surface area contributed by atoms with Crippen LogP contribution < -0.4 is 21.9 Å². The van der Waals surface area contributed by atoms with Crippen LogP contribution in [0.25, 0.3) is 17.2 Å². The molecular formula is C27H35BF2N9O16P3. The minimum absolute atomic E-state index is 0.0121. The molecule has 1 saturated heterocycles. The number of hydrogen-bond acceptors (Lipinski definition) is 16. The number of alkyl carbamates (subject to hydrolysis) is 1. The fourth-order valence-electron chi connectivity index (χ4n) is 5.73. The van der Waals surface area contributed by atoms with Gasteiger partial charge < -0.3 is 55.0 Å². The number of aliphatic hydroxyl groups excluding tert-OH is 1. The predicted octanol–water partition coefficient (Wildman–Crippen LogP) is 0.537. The monoisotopic (exact) mass is 883 g/mol. The standard InChI is InChI=1S/C27H35BF2N9O16P3/c1-13-9-14(2)39(28(29)30)17(13)10-16-4-3-15(35-16)5-6-19(40)32-7-8-33-27(43)53-22-21(41)18(11-51-57(47,48)55-58(49,50)54-56(44,45)46)52-25(22)38-12-34-20-23(38)36-26(31)37-24(20)42/h3-4,9-10,12,18,21-22,25,41H,5-8,11H2,1-2H3,(H,32,40)(H,33,43)(H,47,48)(H,49,50)(H2,44,45,46)(H3,31,36,37,42)/b16-10-/t18-,21-,22-,25-/m1/s1. The lowest BCUT2D eigenvalue weighted by atomic mass is 10.1. The Labute approximate surface area is 324 Å². The Kier molecular flexibility index (Phi) is 13.7. The number of amides is 2. The van der Waals surface area contributed by atoms with E-state index in [1.165, 1.54) is 6.08 Å². The Morgan fingerprint density at radius 2 is 1.81 bits per heavy atom. The van der Waals surface area contributed by atoms with E-state index in [1.54, 1.807) is 32.1 Å². The molecule has 2 unspecified atom stereocenters. The van der Waals surface area contributed by atoms with E-state index in [1.807, 2.05) is 0 Å². The number of allylic oxidation sites excluding steroid dienone is 2. The summed E-state index contributed by atoms with van der Waals surface area (Å²) in [6.45, 7) is 1.83. The second kappa shape index (κ2) is 17.8. The molecule has 316 valence electrons. The van der Waals surface area contributed by atoms with Crippen LogP contribution in [0.4, 0.5) is 19.4 Å². The highest BCUT2D eigenvalue weighted by Crippen LogP contribution is 2.66. The van der Waals surface area contributed by atoms with Gasteiger partial charge in [-0.05, 0) is 50.1 Å². The molecule has 2 aliphatic rings. The number of aromatic amines is 1. The van der Waals surface area contributed by atoms with E-state index in [-0.39, 0.29) is 43.0 Å². The van der Waals surface area contributed by atoms with Crippen LogP contribution in [0.15, 0.2) is 40.0 Å². The van der Waals surface area contributed by atoms with E-state index in [9.17, 15) is 51.6 Å². The normalized spacial score (nSPS) is 22.2. The molecule has 2 amide bonds. The number of ether oxygens (including phenoxy) is 2. The third kappa shape index (κ3) is 11.4. The fourth-order valence-corrected chi connectivity index (χ4v) is 8.76. The number of anilines is 1. The van der Waals surface area contributed by atoms with E-state index in [0.29, 0.717) is 28.4 Å². The number of nitrogens with one attached hydrogen (secondary N) is 3. The summed E-state index contributed by atoms with van der Waals surface area (Å²) in [5, 5.41) is 16.0. The number of phosphoric ester groups is 1.